The normalized spacial score (nSPS) is 10.9. The summed E-state index contributed by atoms with van der Waals surface area (Å²) in [5.74, 6) is 0.833. The highest BCUT2D eigenvalue weighted by Crippen LogP contribution is 2.26. The number of nitrogens with zero attached hydrogens (tertiary/aromatic N) is 5. The van der Waals surface area contributed by atoms with Crippen molar-refractivity contribution in [3.05, 3.63) is 66.9 Å². The van der Waals surface area contributed by atoms with Gasteiger partial charge in [-0.25, -0.2) is 4.98 Å². The topological polar surface area (TPSA) is 56.5 Å². The molecule has 0 aliphatic rings. The van der Waals surface area contributed by atoms with Crippen molar-refractivity contribution >= 4 is 11.2 Å². The van der Waals surface area contributed by atoms with E-state index in [-0.39, 0.29) is 0 Å². The molecule has 4 aromatic rings. The Morgan fingerprint density at radius 2 is 1.52 bits per heavy atom. The highest BCUT2D eigenvalue weighted by atomic mass is 15.3. The Hall–Kier alpha value is -3.08. The summed E-state index contributed by atoms with van der Waals surface area (Å²) in [5.41, 5.74) is 3.48. The molecule has 0 aliphatic carbocycles. The average Bonchev–Trinajstić information content (AvgIpc) is 2.96. The van der Waals surface area contributed by atoms with Crippen molar-refractivity contribution in [1.82, 2.24) is 25.0 Å². The minimum absolute atomic E-state index is 0.590. The van der Waals surface area contributed by atoms with Crippen LogP contribution in [0.5, 0.6) is 0 Å². The molecular formula is C16H11N5. The van der Waals surface area contributed by atoms with Gasteiger partial charge in [-0.3, -0.25) is 4.57 Å². The van der Waals surface area contributed by atoms with E-state index >= 15 is 0 Å². The molecule has 5 nitrogen and oxygen atoms in total. The van der Waals surface area contributed by atoms with Gasteiger partial charge in [-0.15, -0.1) is 10.2 Å². The first-order valence-electron chi connectivity index (χ1n) is 6.61. The molecule has 2 aromatic heterocycles. The lowest BCUT2D eigenvalue weighted by Gasteiger charge is -2.08. The van der Waals surface area contributed by atoms with Crippen molar-refractivity contribution < 1.29 is 0 Å². The molecular weight excluding hydrogens is 262 g/mol. The minimum atomic E-state index is 0.590. The van der Waals surface area contributed by atoms with Gasteiger partial charge in [-0.05, 0) is 17.3 Å². The number of rotatable bonds is 2. The molecule has 0 spiro atoms. The van der Waals surface area contributed by atoms with Crippen LogP contribution in [0.25, 0.3) is 28.2 Å². The van der Waals surface area contributed by atoms with Crippen LogP contribution in [0.3, 0.4) is 0 Å². The van der Waals surface area contributed by atoms with Gasteiger partial charge in [0, 0.05) is 11.3 Å². The number of para-hydroxylation sites is 1. The SMILES string of the molecule is c1ccc(-c2nc3nnncc3n2-c2ccccc2)cc1. The first-order chi connectivity index (χ1) is 10.4. The Morgan fingerprint density at radius 3 is 2.29 bits per heavy atom. The van der Waals surface area contributed by atoms with Gasteiger partial charge in [-0.1, -0.05) is 48.5 Å². The second-order valence-corrected chi connectivity index (χ2v) is 4.62. The van der Waals surface area contributed by atoms with Crippen LogP contribution >= 0.6 is 0 Å². The summed E-state index contributed by atoms with van der Waals surface area (Å²) in [6.45, 7) is 0. The van der Waals surface area contributed by atoms with Crippen LogP contribution in [0, 0.1) is 0 Å². The minimum Gasteiger partial charge on any atom is -0.289 e. The van der Waals surface area contributed by atoms with Crippen molar-refractivity contribution in [2.24, 2.45) is 0 Å². The van der Waals surface area contributed by atoms with Gasteiger partial charge in [0.2, 0.25) is 5.65 Å². The molecule has 0 atom stereocenters. The molecule has 5 heteroatoms. The Kier molecular flexibility index (Phi) is 2.67. The van der Waals surface area contributed by atoms with Gasteiger partial charge in [0.05, 0.1) is 6.20 Å². The summed E-state index contributed by atoms with van der Waals surface area (Å²) in [6, 6.07) is 20.1. The van der Waals surface area contributed by atoms with E-state index in [2.05, 4.69) is 20.4 Å². The molecule has 100 valence electrons. The van der Waals surface area contributed by atoms with Gasteiger partial charge in [0.25, 0.3) is 0 Å². The zero-order valence-corrected chi connectivity index (χ0v) is 11.1. The maximum absolute atomic E-state index is 4.61. The molecule has 0 saturated carbocycles. The molecule has 0 aliphatic heterocycles. The third kappa shape index (κ3) is 1.95. The predicted octanol–water partition coefficient (Wildman–Crippen LogP) is 2.88. The van der Waals surface area contributed by atoms with Crippen LogP contribution in [0.15, 0.2) is 66.9 Å². The van der Waals surface area contributed by atoms with Crippen molar-refractivity contribution in [3.63, 3.8) is 0 Å². The highest BCUT2D eigenvalue weighted by molar-refractivity contribution is 5.79. The van der Waals surface area contributed by atoms with E-state index in [1.807, 2.05) is 65.2 Å². The van der Waals surface area contributed by atoms with Crippen LogP contribution in [0.1, 0.15) is 0 Å². The molecule has 0 bridgehead atoms. The number of imidazole rings is 1. The smallest absolute Gasteiger partial charge is 0.204 e. The summed E-state index contributed by atoms with van der Waals surface area (Å²) in [4.78, 5) is 4.61. The van der Waals surface area contributed by atoms with Gasteiger partial charge >= 0.3 is 0 Å². The highest BCUT2D eigenvalue weighted by Gasteiger charge is 2.15. The maximum Gasteiger partial charge on any atom is 0.204 e. The average molecular weight is 273 g/mol. The fourth-order valence-corrected chi connectivity index (χ4v) is 2.38. The molecule has 0 N–H and O–H groups in total. The zero-order chi connectivity index (χ0) is 14.1. The molecule has 0 unspecified atom stereocenters. The second-order valence-electron chi connectivity index (χ2n) is 4.62. The quantitative estimate of drug-likeness (QED) is 0.563. The summed E-state index contributed by atoms with van der Waals surface area (Å²) in [7, 11) is 0. The predicted molar refractivity (Wildman–Crippen MR) is 79.9 cm³/mol. The zero-order valence-electron chi connectivity index (χ0n) is 11.1. The molecule has 0 fully saturated rings. The summed E-state index contributed by atoms with van der Waals surface area (Å²) >= 11 is 0. The van der Waals surface area contributed by atoms with E-state index < -0.39 is 0 Å². The third-order valence-corrected chi connectivity index (χ3v) is 3.31. The van der Waals surface area contributed by atoms with Crippen LogP contribution in [0.4, 0.5) is 0 Å². The van der Waals surface area contributed by atoms with Crippen molar-refractivity contribution in [3.8, 4) is 17.1 Å². The number of aromatic nitrogens is 5. The van der Waals surface area contributed by atoms with Crippen LogP contribution in [0.2, 0.25) is 0 Å². The fraction of sp³-hybridized carbons (Fsp3) is 0. The molecule has 2 heterocycles. The van der Waals surface area contributed by atoms with Crippen molar-refractivity contribution in [1.29, 1.82) is 0 Å². The largest absolute Gasteiger partial charge is 0.289 e. The number of benzene rings is 2. The lowest BCUT2D eigenvalue weighted by molar-refractivity contribution is 0.886. The molecule has 0 radical (unpaired) electrons. The molecule has 4 rings (SSSR count). The monoisotopic (exact) mass is 273 g/mol. The van der Waals surface area contributed by atoms with Crippen LogP contribution in [-0.2, 0) is 0 Å². The Morgan fingerprint density at radius 1 is 0.810 bits per heavy atom. The first-order valence-corrected chi connectivity index (χ1v) is 6.61. The van der Waals surface area contributed by atoms with E-state index in [0.29, 0.717) is 5.65 Å². The third-order valence-electron chi connectivity index (χ3n) is 3.31. The summed E-state index contributed by atoms with van der Waals surface area (Å²) < 4.78 is 2.05. The lowest BCUT2D eigenvalue weighted by Crippen LogP contribution is -1.97. The van der Waals surface area contributed by atoms with E-state index in [1.165, 1.54) is 0 Å². The maximum atomic E-state index is 4.61. The molecule has 21 heavy (non-hydrogen) atoms. The number of hydrogen-bond acceptors (Lipinski definition) is 4. The second kappa shape index (κ2) is 4.79. The van der Waals surface area contributed by atoms with E-state index in [1.54, 1.807) is 6.20 Å². The van der Waals surface area contributed by atoms with Gasteiger partial charge in [-0.2, -0.15) is 0 Å². The van der Waals surface area contributed by atoms with Gasteiger partial charge in [0.15, 0.2) is 0 Å². The van der Waals surface area contributed by atoms with Gasteiger partial charge in [0.1, 0.15) is 11.3 Å². The van der Waals surface area contributed by atoms with Crippen LogP contribution < -0.4 is 0 Å². The van der Waals surface area contributed by atoms with Crippen molar-refractivity contribution in [2.75, 3.05) is 0 Å². The van der Waals surface area contributed by atoms with E-state index in [0.717, 1.165) is 22.6 Å². The van der Waals surface area contributed by atoms with Gasteiger partial charge < -0.3 is 0 Å². The van der Waals surface area contributed by atoms with E-state index in [9.17, 15) is 0 Å². The lowest BCUT2D eigenvalue weighted by atomic mass is 10.2. The Bertz CT molecular complexity index is 884. The molecule has 0 saturated heterocycles. The fourth-order valence-electron chi connectivity index (χ4n) is 2.38. The van der Waals surface area contributed by atoms with E-state index in [4.69, 9.17) is 0 Å². The summed E-state index contributed by atoms with van der Waals surface area (Å²) in [5, 5.41) is 11.6. The molecule has 2 aromatic carbocycles. The first kappa shape index (κ1) is 11.7. The Labute approximate surface area is 120 Å². The Balaban J connectivity index is 2.07. The number of fused-ring (bicyclic) bond motifs is 1. The summed E-state index contributed by atoms with van der Waals surface area (Å²) in [6.07, 6.45) is 1.69. The van der Waals surface area contributed by atoms with Crippen molar-refractivity contribution in [2.45, 2.75) is 0 Å². The standard InChI is InChI=1S/C16H11N5/c1-3-7-12(8-4-1)16-18-15-14(11-17-20-19-15)21(16)13-9-5-2-6-10-13/h1-11H. The van der Waals surface area contributed by atoms with Crippen LogP contribution in [-0.4, -0.2) is 25.0 Å². The molecule has 0 amide bonds. The number of hydrogen-bond donors (Lipinski definition) is 0.